The zero-order valence-corrected chi connectivity index (χ0v) is 21.0. The molecule has 1 aliphatic heterocycles. The van der Waals surface area contributed by atoms with Gasteiger partial charge in [0, 0.05) is 74.5 Å². The fourth-order valence-corrected chi connectivity index (χ4v) is 5.17. The van der Waals surface area contributed by atoms with Crippen molar-refractivity contribution in [3.63, 3.8) is 0 Å². The van der Waals surface area contributed by atoms with Crippen LogP contribution in [0.5, 0.6) is 0 Å². The van der Waals surface area contributed by atoms with E-state index in [9.17, 15) is 13.9 Å². The van der Waals surface area contributed by atoms with Gasteiger partial charge in [0.1, 0.15) is 29.9 Å². The summed E-state index contributed by atoms with van der Waals surface area (Å²) in [5, 5.41) is 17.8. The minimum absolute atomic E-state index is 0.00302. The van der Waals surface area contributed by atoms with E-state index in [1.807, 2.05) is 24.4 Å². The Morgan fingerprint density at radius 1 is 0.917 bits per heavy atom. The molecule has 0 radical (unpaired) electrons. The van der Waals surface area contributed by atoms with Gasteiger partial charge >= 0.3 is 0 Å². The maximum absolute atomic E-state index is 14.7. The molecular weight excluding hydrogens is 509 g/mol. The van der Waals surface area contributed by atoms with Crippen molar-refractivity contribution in [2.45, 2.75) is 18.7 Å². The van der Waals surface area contributed by atoms with Gasteiger partial charge in [-0.25, -0.2) is 18.4 Å². The van der Waals surface area contributed by atoms with Crippen LogP contribution in [0.4, 0.5) is 8.78 Å². The largest absolute Gasteiger partial charge is 0.382 e. The number of benzene rings is 2. The summed E-state index contributed by atoms with van der Waals surface area (Å²) >= 11 is 12.3. The molecule has 1 N–H and O–H groups in total. The highest BCUT2D eigenvalue weighted by Gasteiger charge is 2.36. The maximum Gasteiger partial charge on any atom is 0.137 e. The van der Waals surface area contributed by atoms with E-state index >= 15 is 0 Å². The van der Waals surface area contributed by atoms with Crippen LogP contribution in [0.25, 0.3) is 10.9 Å². The number of aliphatic hydroxyl groups is 1. The highest BCUT2D eigenvalue weighted by Crippen LogP contribution is 2.30. The molecule has 5 rings (SSSR count). The normalized spacial score (nSPS) is 17.0. The Labute approximate surface area is 217 Å². The molecule has 1 aliphatic rings. The number of β-amino-alcohol motifs (C(OH)–C–C–N with tert-alkyl or cyclic N) is 1. The molecule has 4 aromatic rings. The van der Waals surface area contributed by atoms with E-state index in [0.717, 1.165) is 49.2 Å². The summed E-state index contributed by atoms with van der Waals surface area (Å²) in [5.74, 6) is -1.47. The lowest BCUT2D eigenvalue weighted by molar-refractivity contribution is -0.0319. The zero-order valence-electron chi connectivity index (χ0n) is 19.5. The first-order valence-corrected chi connectivity index (χ1v) is 12.5. The smallest absolute Gasteiger partial charge is 0.137 e. The van der Waals surface area contributed by atoms with Crippen molar-refractivity contribution in [2.75, 3.05) is 39.3 Å². The van der Waals surface area contributed by atoms with E-state index in [4.69, 9.17) is 23.2 Å². The second-order valence-electron chi connectivity index (χ2n) is 9.20. The van der Waals surface area contributed by atoms with Crippen LogP contribution >= 0.6 is 23.2 Å². The number of fused-ring (bicyclic) bond motifs is 1. The average molecular weight is 535 g/mol. The van der Waals surface area contributed by atoms with Crippen LogP contribution in [0.2, 0.25) is 10.0 Å². The molecule has 11 heteroatoms. The van der Waals surface area contributed by atoms with Gasteiger partial charge in [0.2, 0.25) is 0 Å². The van der Waals surface area contributed by atoms with Gasteiger partial charge in [-0.15, -0.1) is 0 Å². The van der Waals surface area contributed by atoms with Crippen molar-refractivity contribution in [1.82, 2.24) is 29.1 Å². The molecule has 36 heavy (non-hydrogen) atoms. The lowest BCUT2D eigenvalue weighted by Crippen LogP contribution is -2.52. The van der Waals surface area contributed by atoms with E-state index < -0.39 is 17.2 Å². The summed E-state index contributed by atoms with van der Waals surface area (Å²) in [6.07, 6.45) is 4.86. The lowest BCUT2D eigenvalue weighted by Gasteiger charge is -2.39. The first-order chi connectivity index (χ1) is 17.3. The highest BCUT2D eigenvalue weighted by atomic mass is 35.5. The van der Waals surface area contributed by atoms with Gasteiger partial charge in [-0.1, -0.05) is 29.3 Å². The van der Waals surface area contributed by atoms with Gasteiger partial charge in [-0.2, -0.15) is 5.10 Å². The van der Waals surface area contributed by atoms with Crippen molar-refractivity contribution in [3.05, 3.63) is 82.5 Å². The third-order valence-electron chi connectivity index (χ3n) is 6.74. The SMILES string of the molecule is OC(CN1CCN(CCn2ccc3cc(Cl)c(Cl)cc32)CC1)(Cn1cncn1)c1ccc(F)cc1F. The Hall–Kier alpha value is -2.56. The number of nitrogens with zero attached hydrogens (tertiary/aromatic N) is 6. The summed E-state index contributed by atoms with van der Waals surface area (Å²) in [6, 6.07) is 9.06. The van der Waals surface area contributed by atoms with Crippen molar-refractivity contribution in [1.29, 1.82) is 0 Å². The Morgan fingerprint density at radius 2 is 1.67 bits per heavy atom. The van der Waals surface area contributed by atoms with E-state index in [2.05, 4.69) is 24.4 Å². The third kappa shape index (κ3) is 5.40. The molecule has 2 aromatic heterocycles. The Bertz CT molecular complexity index is 1340. The average Bonchev–Trinajstić information content (AvgIpc) is 3.48. The number of rotatable bonds is 8. The second kappa shape index (κ2) is 10.4. The Morgan fingerprint density at radius 3 is 2.39 bits per heavy atom. The summed E-state index contributed by atoms with van der Waals surface area (Å²) in [6.45, 7) is 4.86. The molecule has 0 amide bonds. The van der Waals surface area contributed by atoms with Crippen molar-refractivity contribution < 1.29 is 13.9 Å². The van der Waals surface area contributed by atoms with Crippen molar-refractivity contribution >= 4 is 34.1 Å². The topological polar surface area (TPSA) is 62.4 Å². The number of hydrogen-bond acceptors (Lipinski definition) is 5. The first-order valence-electron chi connectivity index (χ1n) is 11.7. The minimum Gasteiger partial charge on any atom is -0.382 e. The quantitative estimate of drug-likeness (QED) is 0.370. The van der Waals surface area contributed by atoms with Gasteiger partial charge in [-0.3, -0.25) is 9.80 Å². The van der Waals surface area contributed by atoms with Gasteiger partial charge in [-0.05, 0) is 24.3 Å². The third-order valence-corrected chi connectivity index (χ3v) is 7.47. The van der Waals surface area contributed by atoms with E-state index in [1.165, 1.54) is 23.4 Å². The predicted octanol–water partition coefficient (Wildman–Crippen LogP) is 4.02. The van der Waals surface area contributed by atoms with Crippen LogP contribution in [0, 0.1) is 11.6 Å². The predicted molar refractivity (Wildman–Crippen MR) is 135 cm³/mol. The minimum atomic E-state index is -1.60. The molecule has 0 saturated carbocycles. The van der Waals surface area contributed by atoms with Crippen LogP contribution in [0.1, 0.15) is 5.56 Å². The zero-order chi connectivity index (χ0) is 25.3. The van der Waals surface area contributed by atoms with Crippen LogP contribution in [-0.2, 0) is 18.7 Å². The summed E-state index contributed by atoms with van der Waals surface area (Å²) in [4.78, 5) is 8.37. The molecule has 190 valence electrons. The molecule has 1 unspecified atom stereocenters. The molecule has 0 bridgehead atoms. The number of piperazine rings is 1. The van der Waals surface area contributed by atoms with E-state index in [1.54, 1.807) is 0 Å². The number of hydrogen-bond donors (Lipinski definition) is 1. The monoisotopic (exact) mass is 534 g/mol. The van der Waals surface area contributed by atoms with Crippen molar-refractivity contribution in [2.24, 2.45) is 0 Å². The molecule has 1 fully saturated rings. The van der Waals surface area contributed by atoms with E-state index in [0.29, 0.717) is 23.1 Å². The van der Waals surface area contributed by atoms with Crippen LogP contribution in [0.15, 0.2) is 55.2 Å². The summed E-state index contributed by atoms with van der Waals surface area (Å²) in [5.41, 5.74) is -0.513. The maximum atomic E-state index is 14.7. The summed E-state index contributed by atoms with van der Waals surface area (Å²) < 4.78 is 31.9. The van der Waals surface area contributed by atoms with Crippen LogP contribution in [0.3, 0.4) is 0 Å². The standard InChI is InChI=1S/C25H26Cl2F2N6O/c26-21-11-18-3-4-34(24(18)13-22(21)27)10-9-32-5-7-33(8-6-32)14-25(36,15-35-17-30-16-31-35)20-2-1-19(28)12-23(20)29/h1-4,11-13,16-17,36H,5-10,14-15H2. The van der Waals surface area contributed by atoms with Crippen molar-refractivity contribution in [3.8, 4) is 0 Å². The van der Waals surface area contributed by atoms with Gasteiger partial charge < -0.3 is 9.67 Å². The number of halogens is 4. The molecule has 0 aliphatic carbocycles. The lowest BCUT2D eigenvalue weighted by atomic mass is 9.92. The molecule has 1 saturated heterocycles. The molecule has 2 aromatic carbocycles. The van der Waals surface area contributed by atoms with Crippen LogP contribution < -0.4 is 0 Å². The Balaban J connectivity index is 1.22. The van der Waals surface area contributed by atoms with Crippen LogP contribution in [-0.4, -0.2) is 73.5 Å². The fraction of sp³-hybridized carbons (Fsp3) is 0.360. The molecule has 7 nitrogen and oxygen atoms in total. The molecule has 0 spiro atoms. The molecular formula is C25H26Cl2F2N6O. The molecule has 3 heterocycles. The number of aromatic nitrogens is 4. The van der Waals surface area contributed by atoms with Gasteiger partial charge in [0.25, 0.3) is 0 Å². The second-order valence-corrected chi connectivity index (χ2v) is 10.0. The van der Waals surface area contributed by atoms with Gasteiger partial charge in [0.15, 0.2) is 0 Å². The molecule has 1 atom stereocenters. The van der Waals surface area contributed by atoms with Gasteiger partial charge in [0.05, 0.1) is 16.6 Å². The van der Waals surface area contributed by atoms with E-state index in [-0.39, 0.29) is 18.7 Å². The Kier molecular flexibility index (Phi) is 7.28. The summed E-state index contributed by atoms with van der Waals surface area (Å²) in [7, 11) is 0. The fourth-order valence-electron chi connectivity index (χ4n) is 4.84. The first kappa shape index (κ1) is 25.1. The highest BCUT2D eigenvalue weighted by molar-refractivity contribution is 6.42.